The van der Waals surface area contributed by atoms with E-state index < -0.39 is 40.9 Å². The number of aromatic hydroxyl groups is 1. The van der Waals surface area contributed by atoms with E-state index in [9.17, 15) is 29.4 Å². The molecule has 0 fully saturated rings. The first-order valence-electron chi connectivity index (χ1n) is 13.7. The van der Waals surface area contributed by atoms with Gasteiger partial charge in [0.25, 0.3) is 5.91 Å². The number of aliphatic hydroxyl groups is 1. The van der Waals surface area contributed by atoms with Crippen LogP contribution in [0.1, 0.15) is 39.6 Å². The van der Waals surface area contributed by atoms with E-state index in [1.54, 1.807) is 43.3 Å². The number of phenolic OH excluding ortho intramolecular Hbond substituents is 1. The zero-order valence-electron chi connectivity index (χ0n) is 24.5. The zero-order valence-corrected chi connectivity index (χ0v) is 24.5. The lowest BCUT2D eigenvalue weighted by atomic mass is 9.60. The molecule has 4 atom stereocenters. The largest absolute Gasteiger partial charge is 0.510 e. The quantitative estimate of drug-likeness (QED) is 0.350. The summed E-state index contributed by atoms with van der Waals surface area (Å²) in [5.41, 5.74) is 8.28. The minimum absolute atomic E-state index is 0.115. The number of benzene rings is 2. The number of allylic oxidation sites excluding steroid dienone is 2. The van der Waals surface area contributed by atoms with Gasteiger partial charge < -0.3 is 25.6 Å². The molecule has 3 aliphatic rings. The molecule has 4 unspecified atom stereocenters. The van der Waals surface area contributed by atoms with Crippen LogP contribution in [0.5, 0.6) is 5.75 Å². The van der Waals surface area contributed by atoms with Crippen molar-refractivity contribution >= 4 is 28.9 Å². The highest BCUT2D eigenvalue weighted by Gasteiger charge is 2.55. The van der Waals surface area contributed by atoms with Crippen molar-refractivity contribution in [3.63, 3.8) is 0 Å². The lowest BCUT2D eigenvalue weighted by Gasteiger charge is -2.47. The number of likely N-dealkylation sites (N-methyl/N-ethyl adjacent to an activating group) is 1. The average Bonchev–Trinajstić information content (AvgIpc) is 2.91. The molecule has 0 heterocycles. The summed E-state index contributed by atoms with van der Waals surface area (Å²) in [5, 5.41) is 22.7. The molecular weight excluding hydrogens is 538 g/mol. The van der Waals surface area contributed by atoms with Crippen molar-refractivity contribution in [2.75, 3.05) is 40.2 Å². The second-order valence-corrected chi connectivity index (χ2v) is 11.7. The number of nitrogens with zero attached hydrogens (tertiary/aromatic N) is 2. The molecule has 4 N–H and O–H groups in total. The maximum absolute atomic E-state index is 14.4. The van der Waals surface area contributed by atoms with Crippen LogP contribution in [0.4, 0.5) is 5.69 Å². The van der Waals surface area contributed by atoms with Gasteiger partial charge in [0.1, 0.15) is 22.8 Å². The summed E-state index contributed by atoms with van der Waals surface area (Å²) in [4.78, 5) is 56.0. The van der Waals surface area contributed by atoms with Crippen LogP contribution in [0.25, 0.3) is 11.1 Å². The number of carbonyl (C=O) groups is 4. The number of carbonyl (C=O) groups excluding carboxylic acids is 4. The van der Waals surface area contributed by atoms with Gasteiger partial charge in [0, 0.05) is 36.5 Å². The predicted molar refractivity (Wildman–Crippen MR) is 156 cm³/mol. The first kappa shape index (κ1) is 29.1. The topological polar surface area (TPSA) is 150 Å². The van der Waals surface area contributed by atoms with Crippen LogP contribution in [0, 0.1) is 17.8 Å². The van der Waals surface area contributed by atoms with Crippen LogP contribution < -0.4 is 10.6 Å². The maximum atomic E-state index is 14.4. The number of ketones is 3. The van der Waals surface area contributed by atoms with Gasteiger partial charge >= 0.3 is 0 Å². The molecule has 2 aromatic carbocycles. The van der Waals surface area contributed by atoms with Gasteiger partial charge in [-0.1, -0.05) is 18.2 Å². The van der Waals surface area contributed by atoms with Crippen molar-refractivity contribution in [3.8, 4) is 16.9 Å². The molecule has 0 bridgehead atoms. The SMILES string of the molecule is COC1=C2C(=O)c3c(O)c(-c4cccc(C(C)=O)c4)cc(N(C)C)c3CC2CC2C1C(=O)C(C(N)=O)=C(O)C2N(C)C. The lowest BCUT2D eigenvalue weighted by Crippen LogP contribution is -2.53. The van der Waals surface area contributed by atoms with Crippen molar-refractivity contribution in [2.24, 2.45) is 23.5 Å². The molecular formula is C32H35N3O7. The predicted octanol–water partition coefficient (Wildman–Crippen LogP) is 3.03. The third kappa shape index (κ3) is 4.28. The maximum Gasteiger partial charge on any atom is 0.255 e. The highest BCUT2D eigenvalue weighted by atomic mass is 16.5. The zero-order chi connectivity index (χ0) is 30.8. The molecule has 42 heavy (non-hydrogen) atoms. The number of nitrogens with two attached hydrogens (primary N) is 1. The molecule has 5 rings (SSSR count). The van der Waals surface area contributed by atoms with Crippen LogP contribution in [-0.2, 0) is 20.7 Å². The van der Waals surface area contributed by atoms with Gasteiger partial charge in [-0.15, -0.1) is 0 Å². The van der Waals surface area contributed by atoms with Gasteiger partial charge in [-0.25, -0.2) is 0 Å². The van der Waals surface area contributed by atoms with Gasteiger partial charge in [0.15, 0.2) is 17.3 Å². The number of anilines is 1. The van der Waals surface area contributed by atoms with E-state index in [2.05, 4.69) is 0 Å². The van der Waals surface area contributed by atoms with Gasteiger partial charge in [-0.3, -0.25) is 24.1 Å². The number of primary amides is 1. The lowest BCUT2D eigenvalue weighted by molar-refractivity contribution is -0.127. The molecule has 0 saturated heterocycles. The average molecular weight is 574 g/mol. The van der Waals surface area contributed by atoms with E-state index in [0.29, 0.717) is 35.1 Å². The Hall–Kier alpha value is -4.44. The monoisotopic (exact) mass is 573 g/mol. The summed E-state index contributed by atoms with van der Waals surface area (Å²) in [6.45, 7) is 1.46. The summed E-state index contributed by atoms with van der Waals surface area (Å²) in [5.74, 6) is -4.65. The Bertz CT molecular complexity index is 1620. The Morgan fingerprint density at radius 2 is 1.76 bits per heavy atom. The number of ether oxygens (including phenoxy) is 1. The van der Waals surface area contributed by atoms with Gasteiger partial charge in [-0.05, 0) is 69.0 Å². The summed E-state index contributed by atoms with van der Waals surface area (Å²) < 4.78 is 5.79. The van der Waals surface area contributed by atoms with Crippen molar-refractivity contribution in [2.45, 2.75) is 25.8 Å². The van der Waals surface area contributed by atoms with Crippen LogP contribution in [0.3, 0.4) is 0 Å². The van der Waals surface area contributed by atoms with Crippen LogP contribution in [-0.4, -0.2) is 79.7 Å². The van der Waals surface area contributed by atoms with Crippen molar-refractivity contribution < 1.29 is 34.1 Å². The van der Waals surface area contributed by atoms with Crippen molar-refractivity contribution in [3.05, 3.63) is 69.7 Å². The summed E-state index contributed by atoms with van der Waals surface area (Å²) in [6.07, 6.45) is 0.738. The molecule has 0 saturated carbocycles. The fourth-order valence-electron chi connectivity index (χ4n) is 7.05. The Balaban J connectivity index is 1.74. The molecule has 3 aliphatic carbocycles. The van der Waals surface area contributed by atoms with E-state index in [4.69, 9.17) is 10.5 Å². The molecule has 0 aliphatic heterocycles. The molecule has 0 radical (unpaired) electrons. The molecule has 2 aromatic rings. The van der Waals surface area contributed by atoms with Gasteiger partial charge in [0.2, 0.25) is 0 Å². The first-order chi connectivity index (χ1) is 19.8. The number of methoxy groups -OCH3 is 1. The number of rotatable bonds is 6. The third-order valence-corrected chi connectivity index (χ3v) is 8.80. The normalized spacial score (nSPS) is 23.4. The standard InChI is InChI=1S/C32H35N3O7/c1-14(36)15-8-7-9-16(10-15)18-13-21(34(2)3)19-11-17-12-20-24(31(42-6)22(17)28(38)23(19)27(18)37)29(39)25(32(33)41)30(40)26(20)35(4)5/h7-10,13,17,20,24,26,37,40H,11-12H2,1-6H3,(H2,33,41). The second-order valence-electron chi connectivity index (χ2n) is 11.7. The third-order valence-electron chi connectivity index (χ3n) is 8.80. The van der Waals surface area contributed by atoms with Crippen LogP contribution >= 0.6 is 0 Å². The number of aliphatic hydroxyl groups excluding tert-OH is 1. The van der Waals surface area contributed by atoms with E-state index >= 15 is 0 Å². The number of Topliss-reactive ketones (excluding diaryl/α,β-unsaturated/α-hetero) is 3. The van der Waals surface area contributed by atoms with E-state index in [0.717, 1.165) is 5.69 Å². The highest BCUT2D eigenvalue weighted by Crippen LogP contribution is 2.53. The minimum atomic E-state index is -1.05. The van der Waals surface area contributed by atoms with Gasteiger partial charge in [0.05, 0.1) is 24.6 Å². The molecule has 0 aromatic heterocycles. The second kappa shape index (κ2) is 10.4. The Labute approximate surface area is 244 Å². The number of amides is 1. The van der Waals surface area contributed by atoms with Crippen LogP contribution in [0.15, 0.2) is 53.0 Å². The van der Waals surface area contributed by atoms with Crippen LogP contribution in [0.2, 0.25) is 0 Å². The fourth-order valence-corrected chi connectivity index (χ4v) is 7.05. The summed E-state index contributed by atoms with van der Waals surface area (Å²) >= 11 is 0. The summed E-state index contributed by atoms with van der Waals surface area (Å²) in [6, 6.07) is 7.97. The number of phenols is 1. The molecule has 0 spiro atoms. The number of fused-ring (bicyclic) bond motifs is 3. The Morgan fingerprint density at radius 1 is 1.07 bits per heavy atom. The number of hydrogen-bond donors (Lipinski definition) is 3. The van der Waals surface area contributed by atoms with E-state index in [1.165, 1.54) is 14.0 Å². The Kier molecular flexibility index (Phi) is 7.22. The molecule has 1 amide bonds. The van der Waals surface area contributed by atoms with Crippen molar-refractivity contribution in [1.82, 2.24) is 4.90 Å². The fraction of sp³-hybridized carbons (Fsp3) is 0.375. The van der Waals surface area contributed by atoms with E-state index in [-0.39, 0.29) is 40.1 Å². The van der Waals surface area contributed by atoms with Gasteiger partial charge in [-0.2, -0.15) is 0 Å². The van der Waals surface area contributed by atoms with Crippen molar-refractivity contribution in [1.29, 1.82) is 0 Å². The Morgan fingerprint density at radius 3 is 2.33 bits per heavy atom. The first-order valence-corrected chi connectivity index (χ1v) is 13.7. The van der Waals surface area contributed by atoms with E-state index in [1.807, 2.05) is 25.1 Å². The molecule has 10 nitrogen and oxygen atoms in total. The molecule has 220 valence electrons. The minimum Gasteiger partial charge on any atom is -0.510 e. The highest BCUT2D eigenvalue weighted by molar-refractivity contribution is 6.22. The molecule has 10 heteroatoms. The number of hydrogen-bond acceptors (Lipinski definition) is 9. The smallest absolute Gasteiger partial charge is 0.255 e. The summed E-state index contributed by atoms with van der Waals surface area (Å²) in [7, 11) is 8.56.